The van der Waals surface area contributed by atoms with Gasteiger partial charge in [0.2, 0.25) is 5.95 Å². The SMILES string of the molecule is NC(=O)c1ccnc(NC2COC2)n1. The van der Waals surface area contributed by atoms with Crippen LogP contribution in [0.15, 0.2) is 12.3 Å². The molecule has 1 saturated heterocycles. The number of ether oxygens (including phenoxy) is 1. The molecular weight excluding hydrogens is 184 g/mol. The number of hydrogen-bond acceptors (Lipinski definition) is 5. The van der Waals surface area contributed by atoms with Crippen molar-refractivity contribution in [2.24, 2.45) is 5.73 Å². The molecule has 0 bridgehead atoms. The molecule has 0 atom stereocenters. The zero-order valence-corrected chi connectivity index (χ0v) is 7.43. The van der Waals surface area contributed by atoms with Crippen LogP contribution in [0.3, 0.4) is 0 Å². The number of aromatic nitrogens is 2. The number of primary amides is 1. The van der Waals surface area contributed by atoms with E-state index in [-0.39, 0.29) is 11.7 Å². The third kappa shape index (κ3) is 1.80. The van der Waals surface area contributed by atoms with Crippen LogP contribution >= 0.6 is 0 Å². The number of carbonyl (C=O) groups is 1. The highest BCUT2D eigenvalue weighted by Crippen LogP contribution is 2.07. The van der Waals surface area contributed by atoms with Gasteiger partial charge in [-0.3, -0.25) is 4.79 Å². The van der Waals surface area contributed by atoms with E-state index in [1.807, 2.05) is 0 Å². The average Bonchev–Trinajstić information content (AvgIpc) is 2.12. The maximum absolute atomic E-state index is 10.8. The lowest BCUT2D eigenvalue weighted by Crippen LogP contribution is -2.40. The Morgan fingerprint density at radius 1 is 1.64 bits per heavy atom. The van der Waals surface area contributed by atoms with E-state index in [0.29, 0.717) is 19.2 Å². The van der Waals surface area contributed by atoms with Crippen LogP contribution in [0, 0.1) is 0 Å². The summed E-state index contributed by atoms with van der Waals surface area (Å²) in [5.41, 5.74) is 5.29. The number of anilines is 1. The highest BCUT2D eigenvalue weighted by molar-refractivity contribution is 5.90. The lowest BCUT2D eigenvalue weighted by Gasteiger charge is -2.26. The Balaban J connectivity index is 2.09. The molecule has 1 fully saturated rings. The topological polar surface area (TPSA) is 90.1 Å². The normalized spacial score (nSPS) is 16.0. The molecule has 6 heteroatoms. The molecule has 74 valence electrons. The van der Waals surface area contributed by atoms with Crippen LogP contribution in [0.4, 0.5) is 5.95 Å². The van der Waals surface area contributed by atoms with Gasteiger partial charge in [0.25, 0.3) is 5.91 Å². The molecule has 2 heterocycles. The zero-order chi connectivity index (χ0) is 9.97. The second-order valence-electron chi connectivity index (χ2n) is 3.01. The fourth-order valence-electron chi connectivity index (χ4n) is 1.07. The van der Waals surface area contributed by atoms with E-state index in [2.05, 4.69) is 15.3 Å². The van der Waals surface area contributed by atoms with Gasteiger partial charge >= 0.3 is 0 Å². The molecule has 1 aliphatic rings. The molecule has 6 nitrogen and oxygen atoms in total. The van der Waals surface area contributed by atoms with Crippen molar-refractivity contribution in [2.75, 3.05) is 18.5 Å². The minimum absolute atomic E-state index is 0.211. The van der Waals surface area contributed by atoms with Gasteiger partial charge in [-0.15, -0.1) is 0 Å². The van der Waals surface area contributed by atoms with Crippen LogP contribution in [-0.2, 0) is 4.74 Å². The van der Waals surface area contributed by atoms with Gasteiger partial charge in [0.15, 0.2) is 0 Å². The van der Waals surface area contributed by atoms with Gasteiger partial charge in [-0.05, 0) is 6.07 Å². The van der Waals surface area contributed by atoms with Crippen LogP contribution in [0.25, 0.3) is 0 Å². The first kappa shape index (κ1) is 8.89. The molecule has 3 N–H and O–H groups in total. The van der Waals surface area contributed by atoms with Crippen molar-refractivity contribution in [1.82, 2.24) is 9.97 Å². The Kier molecular flexibility index (Phi) is 2.28. The number of nitrogens with two attached hydrogens (primary N) is 1. The van der Waals surface area contributed by atoms with Crippen LogP contribution in [-0.4, -0.2) is 35.1 Å². The maximum Gasteiger partial charge on any atom is 0.267 e. The predicted octanol–water partition coefficient (Wildman–Crippen LogP) is -0.614. The Morgan fingerprint density at radius 2 is 2.43 bits per heavy atom. The summed E-state index contributed by atoms with van der Waals surface area (Å²) in [5.74, 6) is -0.144. The van der Waals surface area contributed by atoms with Gasteiger partial charge in [-0.1, -0.05) is 0 Å². The van der Waals surface area contributed by atoms with Crippen molar-refractivity contribution in [3.05, 3.63) is 18.0 Å². The smallest absolute Gasteiger partial charge is 0.267 e. The van der Waals surface area contributed by atoms with Crippen molar-refractivity contribution in [3.8, 4) is 0 Å². The summed E-state index contributed by atoms with van der Waals surface area (Å²) in [4.78, 5) is 18.7. The molecule has 0 aromatic carbocycles. The van der Waals surface area contributed by atoms with Crippen molar-refractivity contribution in [2.45, 2.75) is 6.04 Å². The minimum atomic E-state index is -0.555. The largest absolute Gasteiger partial charge is 0.377 e. The Hall–Kier alpha value is -1.69. The Bertz CT molecular complexity index is 351. The highest BCUT2D eigenvalue weighted by atomic mass is 16.5. The van der Waals surface area contributed by atoms with E-state index in [4.69, 9.17) is 10.5 Å². The lowest BCUT2D eigenvalue weighted by atomic mass is 10.3. The van der Waals surface area contributed by atoms with Crippen molar-refractivity contribution in [3.63, 3.8) is 0 Å². The van der Waals surface area contributed by atoms with Crippen LogP contribution in [0.2, 0.25) is 0 Å². The first-order valence-corrected chi connectivity index (χ1v) is 4.23. The van der Waals surface area contributed by atoms with Crippen molar-refractivity contribution in [1.29, 1.82) is 0 Å². The molecule has 0 spiro atoms. The van der Waals surface area contributed by atoms with E-state index in [9.17, 15) is 4.79 Å². The van der Waals surface area contributed by atoms with Gasteiger partial charge in [-0.2, -0.15) is 0 Å². The first-order chi connectivity index (χ1) is 6.75. The first-order valence-electron chi connectivity index (χ1n) is 4.23. The van der Waals surface area contributed by atoms with Gasteiger partial charge in [0.05, 0.1) is 19.3 Å². The lowest BCUT2D eigenvalue weighted by molar-refractivity contribution is 0.0208. The van der Waals surface area contributed by atoms with E-state index in [0.717, 1.165) is 0 Å². The molecule has 0 unspecified atom stereocenters. The fraction of sp³-hybridized carbons (Fsp3) is 0.375. The van der Waals surface area contributed by atoms with E-state index < -0.39 is 5.91 Å². The summed E-state index contributed by atoms with van der Waals surface area (Å²) >= 11 is 0. The van der Waals surface area contributed by atoms with Gasteiger partial charge in [-0.25, -0.2) is 9.97 Å². The van der Waals surface area contributed by atoms with Crippen LogP contribution in [0.1, 0.15) is 10.5 Å². The minimum Gasteiger partial charge on any atom is -0.377 e. The third-order valence-corrected chi connectivity index (χ3v) is 1.88. The van der Waals surface area contributed by atoms with Gasteiger partial charge in [0.1, 0.15) is 5.69 Å². The molecule has 0 saturated carbocycles. The molecule has 14 heavy (non-hydrogen) atoms. The molecule has 2 rings (SSSR count). The predicted molar refractivity (Wildman–Crippen MR) is 48.8 cm³/mol. The monoisotopic (exact) mass is 194 g/mol. The van der Waals surface area contributed by atoms with Crippen molar-refractivity contribution >= 4 is 11.9 Å². The number of nitrogens with one attached hydrogen (secondary N) is 1. The number of carbonyl (C=O) groups excluding carboxylic acids is 1. The summed E-state index contributed by atoms with van der Waals surface area (Å²) in [5, 5.41) is 3.02. The zero-order valence-electron chi connectivity index (χ0n) is 7.43. The van der Waals surface area contributed by atoms with E-state index >= 15 is 0 Å². The standard InChI is InChI=1S/C8H10N4O2/c9-7(13)6-1-2-10-8(12-6)11-5-3-14-4-5/h1-2,5H,3-4H2,(H2,9,13)(H,10,11,12). The fourth-order valence-corrected chi connectivity index (χ4v) is 1.07. The summed E-state index contributed by atoms with van der Waals surface area (Å²) < 4.78 is 4.98. The second-order valence-corrected chi connectivity index (χ2v) is 3.01. The maximum atomic E-state index is 10.8. The average molecular weight is 194 g/mol. The van der Waals surface area contributed by atoms with E-state index in [1.54, 1.807) is 0 Å². The second kappa shape index (κ2) is 3.59. The highest BCUT2D eigenvalue weighted by Gasteiger charge is 2.19. The van der Waals surface area contributed by atoms with Crippen LogP contribution in [0.5, 0.6) is 0 Å². The molecule has 1 aromatic rings. The summed E-state index contributed by atoms with van der Waals surface area (Å²) in [6.07, 6.45) is 1.49. The number of rotatable bonds is 3. The van der Waals surface area contributed by atoms with Gasteiger partial charge in [0, 0.05) is 6.20 Å². The van der Waals surface area contributed by atoms with Gasteiger partial charge < -0.3 is 15.8 Å². The summed E-state index contributed by atoms with van der Waals surface area (Å²) in [7, 11) is 0. The Morgan fingerprint density at radius 3 is 3.00 bits per heavy atom. The number of nitrogens with zero attached hydrogens (tertiary/aromatic N) is 2. The quantitative estimate of drug-likeness (QED) is 0.669. The Labute approximate surface area is 80.5 Å². The summed E-state index contributed by atoms with van der Waals surface area (Å²) in [6.45, 7) is 1.29. The summed E-state index contributed by atoms with van der Waals surface area (Å²) in [6, 6.07) is 1.71. The number of hydrogen-bond donors (Lipinski definition) is 2. The molecular formula is C8H10N4O2. The molecule has 1 amide bonds. The number of amides is 1. The van der Waals surface area contributed by atoms with E-state index in [1.165, 1.54) is 12.3 Å². The molecule has 1 aromatic heterocycles. The third-order valence-electron chi connectivity index (χ3n) is 1.88. The molecule has 0 aliphatic carbocycles. The van der Waals surface area contributed by atoms with Crippen molar-refractivity contribution < 1.29 is 9.53 Å². The molecule has 0 radical (unpaired) electrons. The molecule has 1 aliphatic heterocycles. The van der Waals surface area contributed by atoms with Crippen LogP contribution < -0.4 is 11.1 Å².